The highest BCUT2D eigenvalue weighted by Gasteiger charge is 2.43. The monoisotopic (exact) mass is 432 g/mol. The third-order valence-corrected chi connectivity index (χ3v) is 6.25. The molecule has 1 saturated heterocycles. The first-order chi connectivity index (χ1) is 15.5. The molecule has 7 nitrogen and oxygen atoms in total. The Morgan fingerprint density at radius 2 is 1.75 bits per heavy atom. The molecule has 0 saturated carbocycles. The van der Waals surface area contributed by atoms with Crippen molar-refractivity contribution < 1.29 is 23.8 Å². The van der Waals surface area contributed by atoms with Crippen LogP contribution in [0.4, 0.5) is 0 Å². The highest BCUT2D eigenvalue weighted by atomic mass is 16.5. The highest BCUT2D eigenvalue weighted by molar-refractivity contribution is 6.03. The molecule has 0 atom stereocenters. The van der Waals surface area contributed by atoms with E-state index in [0.717, 1.165) is 16.5 Å². The first-order valence-corrected chi connectivity index (χ1v) is 10.6. The zero-order valence-electron chi connectivity index (χ0n) is 18.0. The number of carbonyl (C=O) groups is 2. The van der Waals surface area contributed by atoms with E-state index in [4.69, 9.17) is 14.2 Å². The fourth-order valence-corrected chi connectivity index (χ4v) is 4.51. The molecule has 0 radical (unpaired) electrons. The molecule has 0 bridgehead atoms. The largest absolute Gasteiger partial charge is 0.496 e. The maximum absolute atomic E-state index is 13.4. The Morgan fingerprint density at radius 1 is 1.00 bits per heavy atom. The molecule has 2 amide bonds. The van der Waals surface area contributed by atoms with Crippen molar-refractivity contribution in [3.05, 3.63) is 65.7 Å². The second kappa shape index (κ2) is 7.75. The lowest BCUT2D eigenvalue weighted by Crippen LogP contribution is -2.61. The molecule has 1 N–H and O–H groups in total. The number of likely N-dealkylation sites (tertiary alicyclic amines) is 1. The van der Waals surface area contributed by atoms with Crippen molar-refractivity contribution in [1.82, 2.24) is 10.2 Å². The molecule has 1 fully saturated rings. The fourth-order valence-electron chi connectivity index (χ4n) is 4.51. The van der Waals surface area contributed by atoms with Gasteiger partial charge in [-0.1, -0.05) is 24.3 Å². The van der Waals surface area contributed by atoms with E-state index in [9.17, 15) is 9.59 Å². The number of ether oxygens (including phenoxy) is 3. The third kappa shape index (κ3) is 3.30. The van der Waals surface area contributed by atoms with Gasteiger partial charge in [0.1, 0.15) is 17.2 Å². The summed E-state index contributed by atoms with van der Waals surface area (Å²) >= 11 is 0. The lowest BCUT2D eigenvalue weighted by atomic mass is 9.96. The molecule has 5 rings (SSSR count). The van der Waals surface area contributed by atoms with Crippen LogP contribution in [-0.4, -0.2) is 49.7 Å². The average Bonchev–Trinajstić information content (AvgIpc) is 2.82. The first kappa shape index (κ1) is 20.2. The van der Waals surface area contributed by atoms with Crippen LogP contribution in [0.1, 0.15) is 33.6 Å². The molecule has 32 heavy (non-hydrogen) atoms. The molecule has 2 heterocycles. The second-order valence-corrected chi connectivity index (χ2v) is 8.07. The van der Waals surface area contributed by atoms with Crippen molar-refractivity contribution in [3.8, 4) is 17.2 Å². The predicted octanol–water partition coefficient (Wildman–Crippen LogP) is 3.61. The van der Waals surface area contributed by atoms with Gasteiger partial charge in [-0.15, -0.1) is 0 Å². The molecule has 3 aromatic rings. The normalized spacial score (nSPS) is 16.8. The summed E-state index contributed by atoms with van der Waals surface area (Å²) in [5, 5.41) is 4.80. The number of methoxy groups -OCH3 is 2. The van der Waals surface area contributed by atoms with E-state index in [1.54, 1.807) is 25.2 Å². The Kier molecular flexibility index (Phi) is 4.89. The van der Waals surface area contributed by atoms with Gasteiger partial charge >= 0.3 is 0 Å². The van der Waals surface area contributed by atoms with E-state index in [0.29, 0.717) is 48.6 Å². The number of fused-ring (bicyclic) bond motifs is 2. The number of para-hydroxylation sites is 1. The number of hydrogen-bond acceptors (Lipinski definition) is 5. The first-order valence-electron chi connectivity index (χ1n) is 10.6. The second-order valence-electron chi connectivity index (χ2n) is 8.07. The smallest absolute Gasteiger partial charge is 0.258 e. The van der Waals surface area contributed by atoms with Crippen LogP contribution in [0.3, 0.4) is 0 Å². The summed E-state index contributed by atoms with van der Waals surface area (Å²) < 4.78 is 17.2. The molecule has 0 unspecified atom stereocenters. The summed E-state index contributed by atoms with van der Waals surface area (Å²) in [6.45, 7) is 0.918. The molecule has 2 aliphatic heterocycles. The summed E-state index contributed by atoms with van der Waals surface area (Å²) in [5.74, 6) is 1.57. The molecule has 7 heteroatoms. The fraction of sp³-hybridized carbons (Fsp3) is 0.280. The maximum Gasteiger partial charge on any atom is 0.258 e. The minimum Gasteiger partial charge on any atom is -0.496 e. The van der Waals surface area contributed by atoms with Gasteiger partial charge in [0.15, 0.2) is 5.72 Å². The van der Waals surface area contributed by atoms with Gasteiger partial charge in [-0.25, -0.2) is 0 Å². The van der Waals surface area contributed by atoms with Crippen LogP contribution >= 0.6 is 0 Å². The van der Waals surface area contributed by atoms with E-state index >= 15 is 0 Å². The number of nitrogens with zero attached hydrogens (tertiary/aromatic N) is 1. The predicted molar refractivity (Wildman–Crippen MR) is 119 cm³/mol. The van der Waals surface area contributed by atoms with Gasteiger partial charge in [-0.3, -0.25) is 9.59 Å². The Labute approximate surface area is 185 Å². The van der Waals surface area contributed by atoms with E-state index in [1.807, 2.05) is 48.5 Å². The van der Waals surface area contributed by atoms with Gasteiger partial charge < -0.3 is 24.4 Å². The zero-order valence-corrected chi connectivity index (χ0v) is 18.0. The number of piperidine rings is 1. The number of nitrogens with one attached hydrogen (secondary N) is 1. The standard InChI is InChI=1S/C25H24N2O5/c1-30-20-9-5-6-16-14-19(22(31-2)15-18(16)20)24(29)27-12-10-25(11-13-27)26-23(28)17-7-3-4-8-21(17)32-25/h3-9,14-15H,10-13H2,1-2H3,(H,26,28). The molecule has 1 spiro atoms. The number of rotatable bonds is 3. The van der Waals surface area contributed by atoms with Crippen LogP contribution in [0.15, 0.2) is 54.6 Å². The van der Waals surface area contributed by atoms with Crippen molar-refractivity contribution in [2.45, 2.75) is 18.6 Å². The molecule has 3 aromatic carbocycles. The van der Waals surface area contributed by atoms with Gasteiger partial charge in [0.05, 0.1) is 25.3 Å². The molecule has 2 aliphatic rings. The Morgan fingerprint density at radius 3 is 2.50 bits per heavy atom. The summed E-state index contributed by atoms with van der Waals surface area (Å²) in [7, 11) is 3.18. The Bertz CT molecular complexity index is 1210. The van der Waals surface area contributed by atoms with Crippen molar-refractivity contribution in [3.63, 3.8) is 0 Å². The maximum atomic E-state index is 13.4. The van der Waals surface area contributed by atoms with Gasteiger partial charge in [-0.2, -0.15) is 0 Å². The van der Waals surface area contributed by atoms with E-state index in [2.05, 4.69) is 5.32 Å². The summed E-state index contributed by atoms with van der Waals surface area (Å²) in [5.41, 5.74) is 0.249. The summed E-state index contributed by atoms with van der Waals surface area (Å²) in [6, 6.07) is 16.6. The van der Waals surface area contributed by atoms with E-state index < -0.39 is 5.72 Å². The number of carbonyl (C=O) groups excluding carboxylic acids is 2. The van der Waals surface area contributed by atoms with Crippen molar-refractivity contribution in [1.29, 1.82) is 0 Å². The van der Waals surface area contributed by atoms with Gasteiger partial charge in [0.25, 0.3) is 11.8 Å². The van der Waals surface area contributed by atoms with Crippen molar-refractivity contribution in [2.75, 3.05) is 27.3 Å². The molecular formula is C25H24N2O5. The number of amides is 2. The van der Waals surface area contributed by atoms with Crippen molar-refractivity contribution >= 4 is 22.6 Å². The Hall–Kier alpha value is -3.74. The summed E-state index contributed by atoms with van der Waals surface area (Å²) in [4.78, 5) is 27.7. The minimum absolute atomic E-state index is 0.107. The SMILES string of the molecule is COc1cc2c(OC)cccc2cc1C(=O)N1CCC2(CC1)NC(=O)c1ccccc1O2. The van der Waals surface area contributed by atoms with Gasteiger partial charge in [0, 0.05) is 31.3 Å². The van der Waals surface area contributed by atoms with Crippen LogP contribution in [0.25, 0.3) is 10.8 Å². The van der Waals surface area contributed by atoms with E-state index in [-0.39, 0.29) is 11.8 Å². The zero-order chi connectivity index (χ0) is 22.3. The van der Waals surface area contributed by atoms with Crippen LogP contribution in [0.5, 0.6) is 17.2 Å². The average molecular weight is 432 g/mol. The van der Waals surface area contributed by atoms with E-state index in [1.165, 1.54) is 0 Å². The molecule has 0 aliphatic carbocycles. The minimum atomic E-state index is -0.789. The quantitative estimate of drug-likeness (QED) is 0.684. The van der Waals surface area contributed by atoms with Gasteiger partial charge in [0.2, 0.25) is 0 Å². The lowest BCUT2D eigenvalue weighted by Gasteiger charge is -2.44. The third-order valence-electron chi connectivity index (χ3n) is 6.25. The summed E-state index contributed by atoms with van der Waals surface area (Å²) in [6.07, 6.45) is 1.01. The van der Waals surface area contributed by atoms with Crippen molar-refractivity contribution in [2.24, 2.45) is 0 Å². The lowest BCUT2D eigenvalue weighted by molar-refractivity contribution is -0.0245. The molecule has 164 valence electrons. The highest BCUT2D eigenvalue weighted by Crippen LogP contribution is 2.36. The number of benzene rings is 3. The molecule has 0 aromatic heterocycles. The topological polar surface area (TPSA) is 77.1 Å². The van der Waals surface area contributed by atoms with Crippen LogP contribution in [0.2, 0.25) is 0 Å². The van der Waals surface area contributed by atoms with Crippen LogP contribution < -0.4 is 19.5 Å². The number of hydrogen-bond donors (Lipinski definition) is 1. The Balaban J connectivity index is 1.38. The van der Waals surface area contributed by atoms with Crippen LogP contribution in [0, 0.1) is 0 Å². The molecular weight excluding hydrogens is 408 g/mol. The van der Waals surface area contributed by atoms with Gasteiger partial charge in [-0.05, 0) is 35.7 Å². The van der Waals surface area contributed by atoms with Crippen LogP contribution in [-0.2, 0) is 0 Å².